The topological polar surface area (TPSA) is 69.4 Å². The lowest BCUT2D eigenvalue weighted by Crippen LogP contribution is -2.12. The fourth-order valence-corrected chi connectivity index (χ4v) is 2.57. The van der Waals surface area contributed by atoms with E-state index >= 15 is 0 Å². The number of ketones is 1. The van der Waals surface area contributed by atoms with E-state index in [0.717, 1.165) is 36.8 Å². The van der Waals surface area contributed by atoms with Crippen molar-refractivity contribution in [2.45, 2.75) is 32.6 Å². The maximum Gasteiger partial charge on any atom is 0.311 e. The fourth-order valence-electron chi connectivity index (χ4n) is 2.57. The Bertz CT molecular complexity index is 490. The Balaban J connectivity index is 2.74. The van der Waals surface area contributed by atoms with Crippen LogP contribution < -0.4 is 4.74 Å². The lowest BCUT2D eigenvalue weighted by Gasteiger charge is -2.21. The van der Waals surface area contributed by atoms with Crippen LogP contribution in [-0.4, -0.2) is 17.8 Å². The predicted octanol–water partition coefficient (Wildman–Crippen LogP) is 2.68. The first kappa shape index (κ1) is 12.5. The van der Waals surface area contributed by atoms with Crippen molar-refractivity contribution in [3.8, 4) is 5.75 Å². The molecule has 18 heavy (non-hydrogen) atoms. The molecule has 1 aromatic rings. The molecule has 5 nitrogen and oxygen atoms in total. The van der Waals surface area contributed by atoms with E-state index in [4.69, 9.17) is 4.74 Å². The minimum absolute atomic E-state index is 0.108. The van der Waals surface area contributed by atoms with Crippen LogP contribution in [0.4, 0.5) is 5.69 Å². The highest BCUT2D eigenvalue weighted by Crippen LogP contribution is 2.39. The molecule has 96 valence electrons. The van der Waals surface area contributed by atoms with Gasteiger partial charge in [-0.15, -0.1) is 0 Å². The number of rotatable bonds is 3. The van der Waals surface area contributed by atoms with Crippen molar-refractivity contribution in [2.75, 3.05) is 7.11 Å². The molecule has 1 aliphatic carbocycles. The van der Waals surface area contributed by atoms with Crippen LogP contribution in [0.25, 0.3) is 0 Å². The average molecular weight is 249 g/mol. The Morgan fingerprint density at radius 2 is 1.94 bits per heavy atom. The van der Waals surface area contributed by atoms with Crippen LogP contribution in [0.5, 0.6) is 5.75 Å². The van der Waals surface area contributed by atoms with Crippen LogP contribution in [0.1, 0.15) is 41.3 Å². The minimum atomic E-state index is -0.486. The van der Waals surface area contributed by atoms with Crippen LogP contribution in [0.15, 0.2) is 6.07 Å². The van der Waals surface area contributed by atoms with Gasteiger partial charge in [0.15, 0.2) is 11.5 Å². The summed E-state index contributed by atoms with van der Waals surface area (Å²) in [7, 11) is 1.44. The molecular formula is C13H15NO4. The molecule has 0 aromatic heterocycles. The molecule has 0 fully saturated rings. The zero-order valence-corrected chi connectivity index (χ0v) is 10.5. The third-order valence-corrected chi connectivity index (χ3v) is 3.36. The molecule has 2 rings (SSSR count). The molecule has 0 N–H and O–H groups in total. The SMILES string of the molecule is COc1c([N+](=O)[O-])cc(C(C)=O)c2c1CCCC2. The first-order valence-corrected chi connectivity index (χ1v) is 5.94. The van der Waals surface area contributed by atoms with Gasteiger partial charge in [-0.1, -0.05) is 0 Å². The summed E-state index contributed by atoms with van der Waals surface area (Å²) < 4.78 is 5.19. The number of methoxy groups -OCH3 is 1. The van der Waals surface area contributed by atoms with Crippen LogP contribution >= 0.6 is 0 Å². The van der Waals surface area contributed by atoms with Crippen molar-refractivity contribution in [2.24, 2.45) is 0 Å². The van der Waals surface area contributed by atoms with Gasteiger partial charge in [0.05, 0.1) is 12.0 Å². The highest BCUT2D eigenvalue weighted by atomic mass is 16.6. The number of fused-ring (bicyclic) bond motifs is 1. The lowest BCUT2D eigenvalue weighted by molar-refractivity contribution is -0.385. The second-order valence-corrected chi connectivity index (χ2v) is 4.45. The average Bonchev–Trinajstić information content (AvgIpc) is 2.36. The molecule has 0 aliphatic heterocycles. The minimum Gasteiger partial charge on any atom is -0.490 e. The molecule has 0 atom stereocenters. The molecule has 0 spiro atoms. The summed E-state index contributed by atoms with van der Waals surface area (Å²) >= 11 is 0. The third-order valence-electron chi connectivity index (χ3n) is 3.36. The summed E-state index contributed by atoms with van der Waals surface area (Å²) in [4.78, 5) is 22.2. The number of hydrogen-bond acceptors (Lipinski definition) is 4. The van der Waals surface area contributed by atoms with Gasteiger partial charge in [0.25, 0.3) is 0 Å². The molecule has 1 aromatic carbocycles. The fraction of sp³-hybridized carbons (Fsp3) is 0.462. The summed E-state index contributed by atoms with van der Waals surface area (Å²) in [5, 5.41) is 11.1. The number of hydrogen-bond donors (Lipinski definition) is 0. The number of nitrogens with zero attached hydrogens (tertiary/aromatic N) is 1. The van der Waals surface area contributed by atoms with Crippen LogP contribution in [0, 0.1) is 10.1 Å². The van der Waals surface area contributed by atoms with Crippen LogP contribution in [-0.2, 0) is 12.8 Å². The number of benzene rings is 1. The molecule has 0 radical (unpaired) electrons. The van der Waals surface area contributed by atoms with E-state index in [2.05, 4.69) is 0 Å². The Labute approximate surface area is 105 Å². The van der Waals surface area contributed by atoms with Crippen molar-refractivity contribution < 1.29 is 14.5 Å². The van der Waals surface area contributed by atoms with Gasteiger partial charge < -0.3 is 4.74 Å². The first-order valence-electron chi connectivity index (χ1n) is 5.94. The Morgan fingerprint density at radius 1 is 1.33 bits per heavy atom. The van der Waals surface area contributed by atoms with E-state index < -0.39 is 4.92 Å². The third kappa shape index (κ3) is 1.96. The summed E-state index contributed by atoms with van der Waals surface area (Å²) in [6.45, 7) is 1.44. The molecule has 0 amide bonds. The number of carbonyl (C=O) groups excluding carboxylic acids is 1. The van der Waals surface area contributed by atoms with Gasteiger partial charge in [-0.25, -0.2) is 0 Å². The van der Waals surface area contributed by atoms with E-state index in [0.29, 0.717) is 11.3 Å². The van der Waals surface area contributed by atoms with Gasteiger partial charge in [-0.3, -0.25) is 14.9 Å². The highest BCUT2D eigenvalue weighted by Gasteiger charge is 2.27. The molecule has 0 heterocycles. The highest BCUT2D eigenvalue weighted by molar-refractivity contribution is 5.97. The summed E-state index contributed by atoms with van der Waals surface area (Å²) in [5.74, 6) is 0.193. The smallest absolute Gasteiger partial charge is 0.311 e. The number of Topliss-reactive ketones (excluding diaryl/α,β-unsaturated/α-hetero) is 1. The maximum absolute atomic E-state index is 11.6. The van der Waals surface area contributed by atoms with Crippen LogP contribution in [0.3, 0.4) is 0 Å². The molecular weight excluding hydrogens is 234 g/mol. The largest absolute Gasteiger partial charge is 0.490 e. The van der Waals surface area contributed by atoms with Crippen molar-refractivity contribution in [1.29, 1.82) is 0 Å². The Hall–Kier alpha value is -1.91. The van der Waals surface area contributed by atoms with Gasteiger partial charge in [0.2, 0.25) is 0 Å². The van der Waals surface area contributed by atoms with Gasteiger partial charge in [-0.2, -0.15) is 0 Å². The van der Waals surface area contributed by atoms with Crippen molar-refractivity contribution >= 4 is 11.5 Å². The van der Waals surface area contributed by atoms with Gasteiger partial charge in [-0.05, 0) is 38.2 Å². The lowest BCUT2D eigenvalue weighted by atomic mass is 9.86. The monoisotopic (exact) mass is 249 g/mol. The molecule has 0 saturated carbocycles. The zero-order valence-electron chi connectivity index (χ0n) is 10.5. The summed E-state index contributed by atoms with van der Waals surface area (Å²) in [6.07, 6.45) is 3.51. The number of nitro groups is 1. The number of nitro benzene ring substituents is 1. The summed E-state index contributed by atoms with van der Waals surface area (Å²) in [5.41, 5.74) is 2.12. The molecule has 0 bridgehead atoms. The van der Waals surface area contributed by atoms with E-state index in [1.54, 1.807) is 0 Å². The van der Waals surface area contributed by atoms with Gasteiger partial charge in [0, 0.05) is 17.2 Å². The van der Waals surface area contributed by atoms with Crippen molar-refractivity contribution in [3.63, 3.8) is 0 Å². The second kappa shape index (κ2) is 4.76. The first-order chi connectivity index (χ1) is 8.56. The van der Waals surface area contributed by atoms with E-state index in [1.165, 1.54) is 20.1 Å². The van der Waals surface area contributed by atoms with E-state index in [-0.39, 0.29) is 11.5 Å². The standard InChI is InChI=1S/C13H15NO4/c1-8(15)11-7-12(14(16)17)13(18-2)10-6-4-3-5-9(10)11/h7H,3-6H2,1-2H3. The predicted molar refractivity (Wildman–Crippen MR) is 66.3 cm³/mol. The number of carbonyl (C=O) groups is 1. The molecule has 5 heteroatoms. The second-order valence-electron chi connectivity index (χ2n) is 4.45. The van der Waals surface area contributed by atoms with Gasteiger partial charge >= 0.3 is 5.69 Å². The summed E-state index contributed by atoms with van der Waals surface area (Å²) in [6, 6.07) is 1.35. The Kier molecular flexibility index (Phi) is 3.32. The molecule has 0 saturated heterocycles. The normalized spacial score (nSPS) is 13.9. The molecule has 0 unspecified atom stereocenters. The quantitative estimate of drug-likeness (QED) is 0.469. The van der Waals surface area contributed by atoms with E-state index in [1.807, 2.05) is 0 Å². The van der Waals surface area contributed by atoms with Gasteiger partial charge in [0.1, 0.15) is 0 Å². The van der Waals surface area contributed by atoms with Crippen LogP contribution in [0.2, 0.25) is 0 Å². The van der Waals surface area contributed by atoms with E-state index in [9.17, 15) is 14.9 Å². The maximum atomic E-state index is 11.6. The van der Waals surface area contributed by atoms with Crippen molar-refractivity contribution in [3.05, 3.63) is 32.9 Å². The van der Waals surface area contributed by atoms with Crippen molar-refractivity contribution in [1.82, 2.24) is 0 Å². The number of ether oxygens (including phenoxy) is 1. The zero-order chi connectivity index (χ0) is 13.3. The molecule has 1 aliphatic rings. The Morgan fingerprint density at radius 3 is 2.44 bits per heavy atom.